The van der Waals surface area contributed by atoms with Gasteiger partial charge in [0.2, 0.25) is 5.91 Å². The lowest BCUT2D eigenvalue weighted by atomic mass is 9.84. The molecule has 1 fully saturated rings. The van der Waals surface area contributed by atoms with Crippen LogP contribution < -0.4 is 9.62 Å². The van der Waals surface area contributed by atoms with E-state index in [9.17, 15) is 13.2 Å². The highest BCUT2D eigenvalue weighted by molar-refractivity contribution is 7.93. The average Bonchev–Trinajstić information content (AvgIpc) is 2.86. The SMILES string of the molecule is CCC1CCC(NC(=O)CN2c3cccc4cccc(c34)S2(=O)=O)CC1. The molecular formula is C20H24N2O3S. The van der Waals surface area contributed by atoms with Crippen LogP contribution >= 0.6 is 0 Å². The zero-order chi connectivity index (χ0) is 18.3. The normalized spacial score (nSPS) is 24.0. The lowest BCUT2D eigenvalue weighted by molar-refractivity contribution is -0.120. The van der Waals surface area contributed by atoms with Gasteiger partial charge in [-0.3, -0.25) is 9.10 Å². The molecule has 0 saturated heterocycles. The Kier molecular flexibility index (Phi) is 4.39. The van der Waals surface area contributed by atoms with E-state index >= 15 is 0 Å². The molecule has 0 bridgehead atoms. The van der Waals surface area contributed by atoms with E-state index in [1.807, 2.05) is 18.2 Å². The predicted molar refractivity (Wildman–Crippen MR) is 103 cm³/mol. The summed E-state index contributed by atoms with van der Waals surface area (Å²) < 4.78 is 27.1. The second kappa shape index (κ2) is 6.58. The number of carbonyl (C=O) groups excluding carboxylic acids is 1. The van der Waals surface area contributed by atoms with Gasteiger partial charge in [0.25, 0.3) is 10.0 Å². The second-order valence-electron chi connectivity index (χ2n) is 7.34. The first-order valence-electron chi connectivity index (χ1n) is 9.34. The average molecular weight is 372 g/mol. The molecule has 1 saturated carbocycles. The molecule has 138 valence electrons. The Morgan fingerprint density at radius 1 is 1.12 bits per heavy atom. The molecule has 0 unspecified atom stereocenters. The van der Waals surface area contributed by atoms with Gasteiger partial charge in [-0.25, -0.2) is 8.42 Å². The van der Waals surface area contributed by atoms with Gasteiger partial charge in [-0.2, -0.15) is 0 Å². The summed E-state index contributed by atoms with van der Waals surface area (Å²) in [5, 5.41) is 4.64. The van der Waals surface area contributed by atoms with Crippen LogP contribution in [0.2, 0.25) is 0 Å². The van der Waals surface area contributed by atoms with Crippen LogP contribution in [0.1, 0.15) is 39.0 Å². The Morgan fingerprint density at radius 3 is 2.50 bits per heavy atom. The summed E-state index contributed by atoms with van der Waals surface area (Å²) in [4.78, 5) is 12.9. The first kappa shape index (κ1) is 17.3. The van der Waals surface area contributed by atoms with Crippen molar-refractivity contribution in [1.82, 2.24) is 5.32 Å². The number of carbonyl (C=O) groups is 1. The van der Waals surface area contributed by atoms with Crippen LogP contribution in [-0.4, -0.2) is 26.9 Å². The second-order valence-corrected chi connectivity index (χ2v) is 9.17. The van der Waals surface area contributed by atoms with Gasteiger partial charge >= 0.3 is 0 Å². The fraction of sp³-hybridized carbons (Fsp3) is 0.450. The molecule has 0 radical (unpaired) electrons. The molecule has 1 N–H and O–H groups in total. The lowest BCUT2D eigenvalue weighted by Crippen LogP contribution is -2.44. The number of benzene rings is 2. The fourth-order valence-electron chi connectivity index (χ4n) is 4.25. The van der Waals surface area contributed by atoms with Crippen LogP contribution in [0.15, 0.2) is 41.3 Å². The maximum atomic E-state index is 12.9. The summed E-state index contributed by atoms with van der Waals surface area (Å²) in [5.74, 6) is 0.535. The van der Waals surface area contributed by atoms with Crippen molar-refractivity contribution in [1.29, 1.82) is 0 Å². The van der Waals surface area contributed by atoms with Crippen molar-refractivity contribution in [3.05, 3.63) is 36.4 Å². The summed E-state index contributed by atoms with van der Waals surface area (Å²) >= 11 is 0. The summed E-state index contributed by atoms with van der Waals surface area (Å²) in [6, 6.07) is 10.9. The van der Waals surface area contributed by atoms with E-state index in [4.69, 9.17) is 0 Å². The molecule has 1 aliphatic carbocycles. The molecular weight excluding hydrogens is 348 g/mol. The van der Waals surface area contributed by atoms with E-state index < -0.39 is 10.0 Å². The summed E-state index contributed by atoms with van der Waals surface area (Å²) in [6.07, 6.45) is 5.41. The number of hydrogen-bond acceptors (Lipinski definition) is 3. The summed E-state index contributed by atoms with van der Waals surface area (Å²) in [6.45, 7) is 2.05. The molecule has 6 heteroatoms. The molecule has 2 aromatic rings. The van der Waals surface area contributed by atoms with Crippen molar-refractivity contribution in [3.8, 4) is 0 Å². The van der Waals surface area contributed by atoms with Crippen LogP contribution in [0.3, 0.4) is 0 Å². The van der Waals surface area contributed by atoms with Gasteiger partial charge in [-0.05, 0) is 49.1 Å². The highest BCUT2D eigenvalue weighted by Crippen LogP contribution is 2.41. The molecule has 5 nitrogen and oxygen atoms in total. The first-order chi connectivity index (χ1) is 12.5. The Hall–Kier alpha value is -2.08. The van der Waals surface area contributed by atoms with Crippen LogP contribution in [-0.2, 0) is 14.8 Å². The smallest absolute Gasteiger partial charge is 0.265 e. The lowest BCUT2D eigenvalue weighted by Gasteiger charge is -2.29. The van der Waals surface area contributed by atoms with Crippen molar-refractivity contribution in [2.45, 2.75) is 50.0 Å². The van der Waals surface area contributed by atoms with E-state index in [1.54, 1.807) is 18.2 Å². The minimum Gasteiger partial charge on any atom is -0.352 e. The molecule has 1 aliphatic heterocycles. The fourth-order valence-corrected chi connectivity index (χ4v) is 5.91. The predicted octanol–water partition coefficient (Wildman–Crippen LogP) is 3.43. The zero-order valence-electron chi connectivity index (χ0n) is 14.9. The maximum Gasteiger partial charge on any atom is 0.265 e. The largest absolute Gasteiger partial charge is 0.352 e. The quantitative estimate of drug-likeness (QED) is 0.894. The maximum absolute atomic E-state index is 12.9. The minimum atomic E-state index is -3.67. The van der Waals surface area contributed by atoms with Gasteiger partial charge in [-0.15, -0.1) is 0 Å². The molecule has 4 rings (SSSR count). The number of rotatable bonds is 4. The van der Waals surface area contributed by atoms with Gasteiger partial charge in [0.05, 0.1) is 10.6 Å². The minimum absolute atomic E-state index is 0.161. The monoisotopic (exact) mass is 372 g/mol. The van der Waals surface area contributed by atoms with E-state index in [0.29, 0.717) is 16.0 Å². The molecule has 0 atom stereocenters. The van der Waals surface area contributed by atoms with Gasteiger partial charge in [0.1, 0.15) is 6.54 Å². The molecule has 26 heavy (non-hydrogen) atoms. The number of amides is 1. The van der Waals surface area contributed by atoms with Crippen LogP contribution in [0.5, 0.6) is 0 Å². The molecule has 1 heterocycles. The first-order valence-corrected chi connectivity index (χ1v) is 10.8. The number of sulfonamides is 1. The molecule has 2 aliphatic rings. The van der Waals surface area contributed by atoms with Gasteiger partial charge < -0.3 is 5.32 Å². The van der Waals surface area contributed by atoms with Gasteiger partial charge in [-0.1, -0.05) is 37.6 Å². The summed E-state index contributed by atoms with van der Waals surface area (Å²) in [5.41, 5.74) is 0.600. The molecule has 1 amide bonds. The van der Waals surface area contributed by atoms with Crippen molar-refractivity contribution in [2.24, 2.45) is 5.92 Å². The van der Waals surface area contributed by atoms with Crippen molar-refractivity contribution < 1.29 is 13.2 Å². The van der Waals surface area contributed by atoms with E-state index in [2.05, 4.69) is 12.2 Å². The number of nitrogens with zero attached hydrogens (tertiary/aromatic N) is 1. The highest BCUT2D eigenvalue weighted by Gasteiger charge is 2.37. The highest BCUT2D eigenvalue weighted by atomic mass is 32.2. The number of anilines is 1. The Morgan fingerprint density at radius 2 is 1.81 bits per heavy atom. The van der Waals surface area contributed by atoms with Crippen LogP contribution in [0.25, 0.3) is 10.8 Å². The number of hydrogen-bond donors (Lipinski definition) is 1. The van der Waals surface area contributed by atoms with Gasteiger partial charge in [0, 0.05) is 11.4 Å². The van der Waals surface area contributed by atoms with Gasteiger partial charge in [0.15, 0.2) is 0 Å². The Bertz CT molecular complexity index is 941. The third-order valence-electron chi connectivity index (χ3n) is 5.76. The topological polar surface area (TPSA) is 66.5 Å². The van der Waals surface area contributed by atoms with E-state index in [0.717, 1.165) is 37.0 Å². The van der Waals surface area contributed by atoms with Crippen LogP contribution in [0, 0.1) is 5.92 Å². The van der Waals surface area contributed by atoms with E-state index in [-0.39, 0.29) is 18.5 Å². The summed E-state index contributed by atoms with van der Waals surface area (Å²) in [7, 11) is -3.67. The molecule has 0 aromatic heterocycles. The number of nitrogens with one attached hydrogen (secondary N) is 1. The van der Waals surface area contributed by atoms with Crippen molar-refractivity contribution >= 4 is 32.4 Å². The Balaban J connectivity index is 1.52. The standard InChI is InChI=1S/C20H24N2O3S/c1-2-14-9-11-16(12-10-14)21-19(23)13-22-17-7-3-5-15-6-4-8-18(20(15)17)26(22,24)25/h3-8,14,16H,2,9-13H2,1H3,(H,21,23). The zero-order valence-corrected chi connectivity index (χ0v) is 15.8. The van der Waals surface area contributed by atoms with Crippen molar-refractivity contribution in [2.75, 3.05) is 10.8 Å². The molecule has 0 spiro atoms. The van der Waals surface area contributed by atoms with Crippen molar-refractivity contribution in [3.63, 3.8) is 0 Å². The third kappa shape index (κ3) is 2.86. The van der Waals surface area contributed by atoms with Crippen LogP contribution in [0.4, 0.5) is 5.69 Å². The molecule has 2 aromatic carbocycles. The third-order valence-corrected chi connectivity index (χ3v) is 7.56. The van der Waals surface area contributed by atoms with E-state index in [1.165, 1.54) is 10.7 Å². The Labute approximate surface area is 154 Å².